The Bertz CT molecular complexity index is 1110. The van der Waals surface area contributed by atoms with E-state index in [1.165, 1.54) is 11.2 Å². The normalized spacial score (nSPS) is 25.2. The maximum absolute atomic E-state index is 13.4. The smallest absolute Gasteiger partial charge is 0.254 e. The lowest BCUT2D eigenvalue weighted by atomic mass is 9.65. The molecular formula is C23H30N6O. The minimum absolute atomic E-state index is 0.180. The summed E-state index contributed by atoms with van der Waals surface area (Å²) in [5.74, 6) is 0.919. The molecule has 7 nitrogen and oxygen atoms in total. The Labute approximate surface area is 177 Å². The largest absolute Gasteiger partial charge is 0.347 e. The molecule has 1 aliphatic heterocycles. The van der Waals surface area contributed by atoms with Crippen molar-refractivity contribution in [2.75, 3.05) is 6.54 Å². The van der Waals surface area contributed by atoms with Crippen LogP contribution in [0.15, 0.2) is 30.5 Å². The van der Waals surface area contributed by atoms with Crippen molar-refractivity contribution in [1.29, 1.82) is 0 Å². The summed E-state index contributed by atoms with van der Waals surface area (Å²) in [5.41, 5.74) is 2.49. The first-order chi connectivity index (χ1) is 14.2. The molecule has 0 spiro atoms. The molecule has 1 aliphatic carbocycles. The number of carbonyl (C=O) groups excluding carboxylic acids is 1. The van der Waals surface area contributed by atoms with E-state index in [2.05, 4.69) is 64.0 Å². The van der Waals surface area contributed by atoms with E-state index in [4.69, 9.17) is 0 Å². The number of tetrazole rings is 1. The molecule has 2 unspecified atom stereocenters. The van der Waals surface area contributed by atoms with Gasteiger partial charge in [0, 0.05) is 48.2 Å². The number of amides is 1. The van der Waals surface area contributed by atoms with Crippen LogP contribution in [0.1, 0.15) is 56.2 Å². The van der Waals surface area contributed by atoms with Crippen molar-refractivity contribution in [1.82, 2.24) is 29.7 Å². The van der Waals surface area contributed by atoms with Crippen molar-refractivity contribution in [3.63, 3.8) is 0 Å². The van der Waals surface area contributed by atoms with Gasteiger partial charge in [-0.05, 0) is 59.6 Å². The highest BCUT2D eigenvalue weighted by atomic mass is 16.2. The van der Waals surface area contributed by atoms with Crippen LogP contribution in [-0.4, -0.2) is 48.2 Å². The highest BCUT2D eigenvalue weighted by molar-refractivity contribution is 5.98. The second-order valence-electron chi connectivity index (χ2n) is 10.4. The lowest BCUT2D eigenvalue weighted by Crippen LogP contribution is -2.37. The Morgan fingerprint density at radius 2 is 2.03 bits per heavy atom. The van der Waals surface area contributed by atoms with Crippen molar-refractivity contribution >= 4 is 16.8 Å². The lowest BCUT2D eigenvalue weighted by molar-refractivity contribution is 0.0708. The summed E-state index contributed by atoms with van der Waals surface area (Å²) in [5, 5.41) is 13.3. The standard InChI is InChI=1S/C23H30N6O/c1-22(2)12-18-13-23(3,14-22)15-29(18)21(30)17-5-6-19-16(11-17)7-9-28(19)10-8-20-24-26-27(4)25-20/h5-7,9,11,18H,8,10,12-15H2,1-4H3. The molecule has 1 aromatic carbocycles. The SMILES string of the molecule is Cn1nnc(CCn2ccc3cc(C(=O)N4CC5(C)CC4CC(C)(C)C5)ccc32)n1. The minimum Gasteiger partial charge on any atom is -0.347 e. The van der Waals surface area contributed by atoms with Crippen molar-refractivity contribution in [3.05, 3.63) is 41.9 Å². The van der Waals surface area contributed by atoms with Crippen LogP contribution in [0.3, 0.4) is 0 Å². The van der Waals surface area contributed by atoms with Crippen LogP contribution in [0.4, 0.5) is 0 Å². The molecule has 5 rings (SSSR count). The Hall–Kier alpha value is -2.70. The molecule has 0 radical (unpaired) electrons. The minimum atomic E-state index is 0.180. The molecule has 3 heterocycles. The highest BCUT2D eigenvalue weighted by Crippen LogP contribution is 2.52. The maximum Gasteiger partial charge on any atom is 0.254 e. The molecular weight excluding hydrogens is 376 g/mol. The number of nitrogens with zero attached hydrogens (tertiary/aromatic N) is 6. The van der Waals surface area contributed by atoms with Gasteiger partial charge in [0.1, 0.15) is 0 Å². The summed E-state index contributed by atoms with van der Waals surface area (Å²) in [6.45, 7) is 8.70. The molecule has 158 valence electrons. The Morgan fingerprint density at radius 3 is 2.80 bits per heavy atom. The van der Waals surface area contributed by atoms with E-state index < -0.39 is 0 Å². The number of fused-ring (bicyclic) bond motifs is 3. The third-order valence-electron chi connectivity index (χ3n) is 6.82. The first kappa shape index (κ1) is 19.3. The van der Waals surface area contributed by atoms with E-state index in [0.717, 1.165) is 54.6 Å². The molecule has 1 saturated heterocycles. The number of aromatic nitrogens is 5. The summed E-state index contributed by atoms with van der Waals surface area (Å²) in [6, 6.07) is 8.55. The number of benzene rings is 1. The fourth-order valence-corrected chi connectivity index (χ4v) is 6.04. The van der Waals surface area contributed by atoms with Gasteiger partial charge in [-0.15, -0.1) is 10.2 Å². The van der Waals surface area contributed by atoms with Crippen molar-refractivity contribution in [2.45, 2.75) is 59.0 Å². The van der Waals surface area contributed by atoms with Crippen LogP contribution in [-0.2, 0) is 20.0 Å². The first-order valence-electron chi connectivity index (χ1n) is 10.8. The third kappa shape index (κ3) is 3.40. The molecule has 2 atom stereocenters. The van der Waals surface area contributed by atoms with Gasteiger partial charge in [0.25, 0.3) is 5.91 Å². The molecule has 2 fully saturated rings. The quantitative estimate of drug-likeness (QED) is 0.665. The lowest BCUT2D eigenvalue weighted by Gasteiger charge is -2.39. The molecule has 2 aliphatic rings. The number of rotatable bonds is 4. The fourth-order valence-electron chi connectivity index (χ4n) is 6.04. The summed E-state index contributed by atoms with van der Waals surface area (Å²) in [6.07, 6.45) is 6.23. The monoisotopic (exact) mass is 406 g/mol. The summed E-state index contributed by atoms with van der Waals surface area (Å²) >= 11 is 0. The molecule has 1 saturated carbocycles. The van der Waals surface area contributed by atoms with Gasteiger partial charge in [-0.3, -0.25) is 4.79 Å². The number of hydrogen-bond donors (Lipinski definition) is 0. The number of likely N-dealkylation sites (tertiary alicyclic amines) is 1. The molecule has 0 N–H and O–H groups in total. The second kappa shape index (κ2) is 6.65. The number of aryl methyl sites for hydroxylation is 3. The van der Waals surface area contributed by atoms with Crippen LogP contribution in [0, 0.1) is 10.8 Å². The second-order valence-corrected chi connectivity index (χ2v) is 10.4. The van der Waals surface area contributed by atoms with Crippen molar-refractivity contribution < 1.29 is 4.79 Å². The van der Waals surface area contributed by atoms with E-state index in [1.54, 1.807) is 7.05 Å². The van der Waals surface area contributed by atoms with E-state index >= 15 is 0 Å². The van der Waals surface area contributed by atoms with Crippen LogP contribution >= 0.6 is 0 Å². The van der Waals surface area contributed by atoms with E-state index in [-0.39, 0.29) is 11.3 Å². The molecule has 30 heavy (non-hydrogen) atoms. The van der Waals surface area contributed by atoms with Gasteiger partial charge in [0.15, 0.2) is 5.82 Å². The van der Waals surface area contributed by atoms with Crippen molar-refractivity contribution in [3.8, 4) is 0 Å². The van der Waals surface area contributed by atoms with Gasteiger partial charge in [-0.25, -0.2) is 0 Å². The van der Waals surface area contributed by atoms with Gasteiger partial charge in [0.05, 0.1) is 7.05 Å². The molecule has 2 aromatic heterocycles. The summed E-state index contributed by atoms with van der Waals surface area (Å²) in [7, 11) is 1.77. The molecule has 7 heteroatoms. The average Bonchev–Trinajstić information content (AvgIpc) is 3.33. The molecule has 2 bridgehead atoms. The van der Waals surface area contributed by atoms with Gasteiger partial charge in [-0.1, -0.05) is 20.8 Å². The Morgan fingerprint density at radius 1 is 1.20 bits per heavy atom. The Kier molecular flexibility index (Phi) is 4.27. The van der Waals surface area contributed by atoms with Crippen molar-refractivity contribution in [2.24, 2.45) is 17.9 Å². The van der Waals surface area contributed by atoms with Gasteiger partial charge < -0.3 is 9.47 Å². The predicted molar refractivity (Wildman–Crippen MR) is 115 cm³/mol. The predicted octanol–water partition coefficient (Wildman–Crippen LogP) is 3.45. The topological polar surface area (TPSA) is 68.8 Å². The summed E-state index contributed by atoms with van der Waals surface area (Å²) < 4.78 is 2.19. The van der Waals surface area contributed by atoms with Crippen LogP contribution < -0.4 is 0 Å². The zero-order valence-electron chi connectivity index (χ0n) is 18.3. The van der Waals surface area contributed by atoms with E-state index in [1.807, 2.05) is 12.1 Å². The van der Waals surface area contributed by atoms with Crippen LogP contribution in [0.5, 0.6) is 0 Å². The van der Waals surface area contributed by atoms with Gasteiger partial charge in [-0.2, -0.15) is 4.80 Å². The Balaban J connectivity index is 1.35. The van der Waals surface area contributed by atoms with Gasteiger partial charge >= 0.3 is 0 Å². The van der Waals surface area contributed by atoms with Crippen LogP contribution in [0.2, 0.25) is 0 Å². The highest BCUT2D eigenvalue weighted by Gasteiger charge is 2.51. The number of carbonyl (C=O) groups is 1. The third-order valence-corrected chi connectivity index (χ3v) is 6.82. The zero-order chi connectivity index (χ0) is 21.1. The molecule has 3 aromatic rings. The zero-order valence-corrected chi connectivity index (χ0v) is 18.3. The van der Waals surface area contributed by atoms with Crippen LogP contribution in [0.25, 0.3) is 10.9 Å². The number of hydrogen-bond acceptors (Lipinski definition) is 4. The molecule has 1 amide bonds. The maximum atomic E-state index is 13.4. The van der Waals surface area contributed by atoms with E-state index in [0.29, 0.717) is 11.5 Å². The van der Waals surface area contributed by atoms with Gasteiger partial charge in [0.2, 0.25) is 0 Å². The average molecular weight is 407 g/mol. The summed E-state index contributed by atoms with van der Waals surface area (Å²) in [4.78, 5) is 17.0. The van der Waals surface area contributed by atoms with E-state index in [9.17, 15) is 4.79 Å². The fraction of sp³-hybridized carbons (Fsp3) is 0.565. The first-order valence-corrected chi connectivity index (χ1v) is 10.8.